The third-order valence-electron chi connectivity index (χ3n) is 4.04. The van der Waals surface area contributed by atoms with Gasteiger partial charge in [-0.15, -0.1) is 0 Å². The van der Waals surface area contributed by atoms with E-state index in [9.17, 15) is 8.78 Å². The van der Waals surface area contributed by atoms with E-state index in [4.69, 9.17) is 9.47 Å². The molecule has 1 fully saturated rings. The average molecular weight is 359 g/mol. The molecule has 1 atom stereocenters. The van der Waals surface area contributed by atoms with Crippen molar-refractivity contribution < 1.29 is 18.3 Å². The van der Waals surface area contributed by atoms with E-state index in [2.05, 4.69) is 20.2 Å². The van der Waals surface area contributed by atoms with Crippen molar-refractivity contribution in [3.8, 4) is 0 Å². The van der Waals surface area contributed by atoms with Gasteiger partial charge in [0.15, 0.2) is 5.96 Å². The van der Waals surface area contributed by atoms with Crippen LogP contribution in [0.5, 0.6) is 0 Å². The number of hydrogen-bond donors (Lipinski definition) is 1. The Kier molecular flexibility index (Phi) is 8.07. The summed E-state index contributed by atoms with van der Waals surface area (Å²) in [6.07, 6.45) is 3.65. The van der Waals surface area contributed by atoms with E-state index in [0.29, 0.717) is 32.3 Å². The van der Waals surface area contributed by atoms with E-state index in [1.165, 1.54) is 12.4 Å². The van der Waals surface area contributed by atoms with Crippen LogP contribution in [-0.4, -0.2) is 67.0 Å². The molecule has 1 N–H and O–H groups in total. The first-order valence-electron chi connectivity index (χ1n) is 8.55. The Labute approximate surface area is 147 Å². The van der Waals surface area contributed by atoms with Crippen molar-refractivity contribution >= 4 is 5.96 Å². The molecule has 1 aliphatic heterocycles. The molecule has 0 aliphatic carbocycles. The first kappa shape index (κ1) is 19.6. The smallest absolute Gasteiger partial charge is 0.319 e. The van der Waals surface area contributed by atoms with E-state index >= 15 is 0 Å². The average Bonchev–Trinajstić information content (AvgIpc) is 3.25. The fourth-order valence-corrected chi connectivity index (χ4v) is 2.77. The van der Waals surface area contributed by atoms with Crippen LogP contribution in [-0.2, 0) is 16.0 Å². The van der Waals surface area contributed by atoms with Gasteiger partial charge < -0.3 is 19.7 Å². The summed E-state index contributed by atoms with van der Waals surface area (Å²) in [6.45, 7) is 3.80. The Hall–Kier alpha value is -1.74. The molecule has 0 aromatic carbocycles. The number of nitrogens with zero attached hydrogens (tertiary/aromatic N) is 4. The van der Waals surface area contributed by atoms with Crippen LogP contribution >= 0.6 is 0 Å². The number of aliphatic imine (C=N–C) groups is 1. The molecule has 1 aromatic rings. The second-order valence-electron chi connectivity index (χ2n) is 5.87. The Morgan fingerprint density at radius 3 is 3.04 bits per heavy atom. The van der Waals surface area contributed by atoms with Gasteiger partial charge in [-0.3, -0.25) is 4.57 Å². The molecule has 1 aliphatic rings. The lowest BCUT2D eigenvalue weighted by Gasteiger charge is -2.21. The molecule has 0 bridgehead atoms. The Morgan fingerprint density at radius 1 is 1.48 bits per heavy atom. The fourth-order valence-electron chi connectivity index (χ4n) is 2.77. The summed E-state index contributed by atoms with van der Waals surface area (Å²) in [6, 6.07) is 0. The summed E-state index contributed by atoms with van der Waals surface area (Å²) < 4.78 is 37.2. The number of guanidine groups is 1. The molecule has 25 heavy (non-hydrogen) atoms. The van der Waals surface area contributed by atoms with Gasteiger partial charge in [-0.05, 0) is 13.3 Å². The number of hydrogen-bond acceptors (Lipinski definition) is 4. The lowest BCUT2D eigenvalue weighted by molar-refractivity contribution is 0.0536. The maximum absolute atomic E-state index is 12.9. The van der Waals surface area contributed by atoms with Crippen molar-refractivity contribution in [1.82, 2.24) is 19.8 Å². The molecule has 0 saturated carbocycles. The fraction of sp³-hybridized carbons (Fsp3) is 0.750. The van der Waals surface area contributed by atoms with Gasteiger partial charge in [0, 0.05) is 45.1 Å². The second-order valence-corrected chi connectivity index (χ2v) is 5.87. The zero-order chi connectivity index (χ0) is 18.1. The van der Waals surface area contributed by atoms with Crippen LogP contribution in [0.25, 0.3) is 0 Å². The van der Waals surface area contributed by atoms with E-state index in [1.807, 2.05) is 6.92 Å². The summed E-state index contributed by atoms with van der Waals surface area (Å²) in [5, 5.41) is 3.22. The molecule has 142 valence electrons. The second kappa shape index (κ2) is 10.3. The molecule has 1 saturated heterocycles. The summed E-state index contributed by atoms with van der Waals surface area (Å²) in [5.74, 6) is 1.42. The topological polar surface area (TPSA) is 63.9 Å². The van der Waals surface area contributed by atoms with Crippen LogP contribution < -0.4 is 5.32 Å². The van der Waals surface area contributed by atoms with E-state index < -0.39 is 6.55 Å². The van der Waals surface area contributed by atoms with Crippen molar-refractivity contribution in [3.63, 3.8) is 0 Å². The number of ether oxygens (including phenoxy) is 2. The number of likely N-dealkylation sites (tertiary alicyclic amines) is 1. The molecule has 2 rings (SSSR count). The molecular weight excluding hydrogens is 332 g/mol. The van der Waals surface area contributed by atoms with Gasteiger partial charge in [-0.1, -0.05) is 0 Å². The van der Waals surface area contributed by atoms with Gasteiger partial charge in [-0.25, -0.2) is 9.98 Å². The number of rotatable bonds is 9. The van der Waals surface area contributed by atoms with Crippen LogP contribution in [0, 0.1) is 5.92 Å². The van der Waals surface area contributed by atoms with Gasteiger partial charge in [0.05, 0.1) is 19.8 Å². The van der Waals surface area contributed by atoms with Crippen molar-refractivity contribution in [2.45, 2.75) is 26.4 Å². The molecule has 1 aromatic heterocycles. The van der Waals surface area contributed by atoms with Gasteiger partial charge in [0.2, 0.25) is 0 Å². The minimum Gasteiger partial charge on any atom is -0.382 e. The predicted molar refractivity (Wildman–Crippen MR) is 90.7 cm³/mol. The molecule has 0 amide bonds. The predicted octanol–water partition coefficient (Wildman–Crippen LogP) is 1.73. The van der Waals surface area contributed by atoms with Crippen molar-refractivity contribution in [3.05, 3.63) is 18.2 Å². The highest BCUT2D eigenvalue weighted by atomic mass is 19.3. The zero-order valence-electron chi connectivity index (χ0n) is 14.8. The first-order valence-corrected chi connectivity index (χ1v) is 8.55. The summed E-state index contributed by atoms with van der Waals surface area (Å²) in [7, 11) is 1.65. The SMILES string of the molecule is CCNC(=NCc1nccn1C(F)F)N1CCC(COCCOC)C1. The molecule has 0 radical (unpaired) electrons. The minimum absolute atomic E-state index is 0.116. The van der Waals surface area contributed by atoms with E-state index in [0.717, 1.165) is 30.0 Å². The van der Waals surface area contributed by atoms with Crippen LogP contribution in [0.3, 0.4) is 0 Å². The first-order chi connectivity index (χ1) is 12.2. The highest BCUT2D eigenvalue weighted by molar-refractivity contribution is 5.80. The standard InChI is InChI=1S/C16H27F2N5O2/c1-3-19-16(21-10-14-20-5-7-23(14)15(17)18)22-6-4-13(11-22)12-25-9-8-24-2/h5,7,13,15H,3-4,6,8-12H2,1-2H3,(H,19,21). The summed E-state index contributed by atoms with van der Waals surface area (Å²) in [4.78, 5) is 10.6. The number of aromatic nitrogens is 2. The highest BCUT2D eigenvalue weighted by Gasteiger charge is 2.25. The zero-order valence-corrected chi connectivity index (χ0v) is 14.8. The van der Waals surface area contributed by atoms with Gasteiger partial charge >= 0.3 is 6.55 Å². The third kappa shape index (κ3) is 5.93. The largest absolute Gasteiger partial charge is 0.382 e. The van der Waals surface area contributed by atoms with Crippen LogP contribution in [0.1, 0.15) is 25.7 Å². The molecule has 0 spiro atoms. The Morgan fingerprint density at radius 2 is 2.32 bits per heavy atom. The number of nitrogens with one attached hydrogen (secondary N) is 1. The lowest BCUT2D eigenvalue weighted by Crippen LogP contribution is -2.40. The molecule has 9 heteroatoms. The third-order valence-corrected chi connectivity index (χ3v) is 4.04. The van der Waals surface area contributed by atoms with Crippen molar-refractivity contribution in [2.24, 2.45) is 10.9 Å². The molecule has 2 heterocycles. The number of methoxy groups -OCH3 is 1. The van der Waals surface area contributed by atoms with Crippen LogP contribution in [0.4, 0.5) is 8.78 Å². The number of imidazole rings is 1. The monoisotopic (exact) mass is 359 g/mol. The molecular formula is C16H27F2N5O2. The van der Waals surface area contributed by atoms with Crippen LogP contribution in [0.2, 0.25) is 0 Å². The summed E-state index contributed by atoms with van der Waals surface area (Å²) >= 11 is 0. The quantitative estimate of drug-likeness (QED) is 0.413. The van der Waals surface area contributed by atoms with Crippen LogP contribution in [0.15, 0.2) is 17.4 Å². The maximum atomic E-state index is 12.9. The normalized spacial score (nSPS) is 18.4. The highest BCUT2D eigenvalue weighted by Crippen LogP contribution is 2.17. The van der Waals surface area contributed by atoms with Gasteiger partial charge in [0.25, 0.3) is 0 Å². The Bertz CT molecular complexity index is 538. The van der Waals surface area contributed by atoms with Gasteiger partial charge in [-0.2, -0.15) is 8.78 Å². The molecule has 7 nitrogen and oxygen atoms in total. The number of halogens is 2. The molecule has 1 unspecified atom stereocenters. The van der Waals surface area contributed by atoms with E-state index in [-0.39, 0.29) is 12.4 Å². The van der Waals surface area contributed by atoms with Crippen molar-refractivity contribution in [1.29, 1.82) is 0 Å². The maximum Gasteiger partial charge on any atom is 0.319 e. The Balaban J connectivity index is 1.90. The number of alkyl halides is 2. The summed E-state index contributed by atoms with van der Waals surface area (Å²) in [5.41, 5.74) is 0. The van der Waals surface area contributed by atoms with Crippen molar-refractivity contribution in [2.75, 3.05) is 46.6 Å². The minimum atomic E-state index is -2.60. The van der Waals surface area contributed by atoms with Gasteiger partial charge in [0.1, 0.15) is 12.4 Å². The van der Waals surface area contributed by atoms with E-state index in [1.54, 1.807) is 7.11 Å². The lowest BCUT2D eigenvalue weighted by atomic mass is 10.1.